The lowest BCUT2D eigenvalue weighted by atomic mass is 10.2. The number of nitrogens with zero attached hydrogens (tertiary/aromatic N) is 1. The van der Waals surface area contributed by atoms with Crippen LogP contribution in [0, 0.1) is 0 Å². The molecule has 1 N–H and O–H groups in total. The standard InChI is InChI=1S/C21H26N2O4/c1-16(23(2)11-6-12-25-18-7-4-3-5-8-18)21(24)22-14-17-9-10-19-20(13-17)27-15-26-19/h3-5,7-10,13,16H,6,11-12,14-15H2,1-2H3,(H,22,24). The lowest BCUT2D eigenvalue weighted by molar-refractivity contribution is -0.125. The first-order valence-corrected chi connectivity index (χ1v) is 9.18. The van der Waals surface area contributed by atoms with E-state index in [2.05, 4.69) is 5.32 Å². The molecule has 3 rings (SSSR count). The van der Waals surface area contributed by atoms with E-state index in [1.807, 2.05) is 67.4 Å². The Kier molecular flexibility index (Phi) is 6.54. The van der Waals surface area contributed by atoms with Gasteiger partial charge in [-0.15, -0.1) is 0 Å². The van der Waals surface area contributed by atoms with Crippen LogP contribution in [-0.2, 0) is 11.3 Å². The number of para-hydroxylation sites is 1. The minimum atomic E-state index is -0.212. The quantitative estimate of drug-likeness (QED) is 0.688. The van der Waals surface area contributed by atoms with Gasteiger partial charge in [0.1, 0.15) is 5.75 Å². The van der Waals surface area contributed by atoms with Crippen molar-refractivity contribution in [1.82, 2.24) is 10.2 Å². The Labute approximate surface area is 160 Å². The summed E-state index contributed by atoms with van der Waals surface area (Å²) in [4.78, 5) is 14.4. The van der Waals surface area contributed by atoms with Crippen molar-refractivity contribution in [2.24, 2.45) is 0 Å². The molecule has 0 aliphatic carbocycles. The van der Waals surface area contributed by atoms with E-state index in [4.69, 9.17) is 14.2 Å². The molecule has 27 heavy (non-hydrogen) atoms. The predicted molar refractivity (Wildman–Crippen MR) is 103 cm³/mol. The van der Waals surface area contributed by atoms with Gasteiger partial charge < -0.3 is 19.5 Å². The van der Waals surface area contributed by atoms with Gasteiger partial charge in [0.2, 0.25) is 12.7 Å². The molecule has 1 heterocycles. The normalized spacial score (nSPS) is 13.4. The molecule has 1 aliphatic heterocycles. The van der Waals surface area contributed by atoms with Gasteiger partial charge in [0.15, 0.2) is 11.5 Å². The number of carbonyl (C=O) groups excluding carboxylic acids is 1. The fourth-order valence-electron chi connectivity index (χ4n) is 2.80. The van der Waals surface area contributed by atoms with E-state index in [9.17, 15) is 4.79 Å². The fourth-order valence-corrected chi connectivity index (χ4v) is 2.80. The van der Waals surface area contributed by atoms with Gasteiger partial charge in [0.25, 0.3) is 0 Å². The smallest absolute Gasteiger partial charge is 0.237 e. The van der Waals surface area contributed by atoms with E-state index in [0.717, 1.165) is 35.8 Å². The summed E-state index contributed by atoms with van der Waals surface area (Å²) in [6.45, 7) is 4.03. The number of fused-ring (bicyclic) bond motifs is 1. The molecule has 1 aliphatic rings. The molecule has 6 nitrogen and oxygen atoms in total. The summed E-state index contributed by atoms with van der Waals surface area (Å²) >= 11 is 0. The van der Waals surface area contributed by atoms with Crippen LogP contribution in [-0.4, -0.2) is 43.8 Å². The second kappa shape index (κ2) is 9.28. The first kappa shape index (κ1) is 19.0. The third-order valence-electron chi connectivity index (χ3n) is 4.61. The third kappa shape index (κ3) is 5.37. The maximum Gasteiger partial charge on any atom is 0.237 e. The maximum absolute atomic E-state index is 12.4. The van der Waals surface area contributed by atoms with Crippen LogP contribution in [0.15, 0.2) is 48.5 Å². The van der Waals surface area contributed by atoms with Gasteiger partial charge in [-0.2, -0.15) is 0 Å². The maximum atomic E-state index is 12.4. The highest BCUT2D eigenvalue weighted by Crippen LogP contribution is 2.32. The molecule has 1 unspecified atom stereocenters. The summed E-state index contributed by atoms with van der Waals surface area (Å²) < 4.78 is 16.3. The molecule has 144 valence electrons. The van der Waals surface area contributed by atoms with Crippen LogP contribution in [0.5, 0.6) is 17.2 Å². The summed E-state index contributed by atoms with van der Waals surface area (Å²) in [5.41, 5.74) is 0.985. The Morgan fingerprint density at radius 2 is 1.96 bits per heavy atom. The number of ether oxygens (including phenoxy) is 3. The number of likely N-dealkylation sites (N-methyl/N-ethyl adjacent to an activating group) is 1. The van der Waals surface area contributed by atoms with E-state index in [-0.39, 0.29) is 18.7 Å². The zero-order valence-corrected chi connectivity index (χ0v) is 15.8. The summed E-state index contributed by atoms with van der Waals surface area (Å²) in [6.07, 6.45) is 0.852. The number of nitrogens with one attached hydrogen (secondary N) is 1. The second-order valence-electron chi connectivity index (χ2n) is 6.58. The molecule has 6 heteroatoms. The highest BCUT2D eigenvalue weighted by atomic mass is 16.7. The van der Waals surface area contributed by atoms with Crippen LogP contribution in [0.3, 0.4) is 0 Å². The number of benzene rings is 2. The summed E-state index contributed by atoms with van der Waals surface area (Å²) in [5, 5.41) is 2.98. The summed E-state index contributed by atoms with van der Waals surface area (Å²) in [5.74, 6) is 2.34. The molecule has 0 aromatic heterocycles. The fraction of sp³-hybridized carbons (Fsp3) is 0.381. The van der Waals surface area contributed by atoms with E-state index in [1.165, 1.54) is 0 Å². The zero-order valence-electron chi connectivity index (χ0n) is 15.8. The van der Waals surface area contributed by atoms with Crippen LogP contribution < -0.4 is 19.5 Å². The van der Waals surface area contributed by atoms with Gasteiger partial charge in [-0.25, -0.2) is 0 Å². The molecule has 0 saturated carbocycles. The third-order valence-corrected chi connectivity index (χ3v) is 4.61. The SMILES string of the molecule is CC(C(=O)NCc1ccc2c(c1)OCO2)N(C)CCCOc1ccccc1. The van der Waals surface area contributed by atoms with Crippen molar-refractivity contribution in [3.8, 4) is 17.2 Å². The van der Waals surface area contributed by atoms with Gasteiger partial charge >= 0.3 is 0 Å². The lowest BCUT2D eigenvalue weighted by Crippen LogP contribution is -2.43. The molecular formula is C21H26N2O4. The second-order valence-corrected chi connectivity index (χ2v) is 6.58. The highest BCUT2D eigenvalue weighted by molar-refractivity contribution is 5.81. The molecule has 1 atom stereocenters. The number of hydrogen-bond acceptors (Lipinski definition) is 5. The van der Waals surface area contributed by atoms with Gasteiger partial charge in [0.05, 0.1) is 12.6 Å². The largest absolute Gasteiger partial charge is 0.494 e. The average Bonchev–Trinajstić information content (AvgIpc) is 3.17. The summed E-state index contributed by atoms with van der Waals surface area (Å²) in [7, 11) is 1.95. The van der Waals surface area contributed by atoms with Crippen molar-refractivity contribution in [3.63, 3.8) is 0 Å². The molecule has 0 fully saturated rings. The van der Waals surface area contributed by atoms with Gasteiger partial charge in [-0.3, -0.25) is 9.69 Å². The molecule has 2 aromatic rings. The Balaban J connectivity index is 1.37. The number of hydrogen-bond donors (Lipinski definition) is 1. The molecule has 0 radical (unpaired) electrons. The zero-order chi connectivity index (χ0) is 19.1. The van der Waals surface area contributed by atoms with Gasteiger partial charge in [0, 0.05) is 13.1 Å². The molecular weight excluding hydrogens is 344 g/mol. The Hall–Kier alpha value is -2.73. The van der Waals surface area contributed by atoms with Gasteiger partial charge in [-0.05, 0) is 50.2 Å². The van der Waals surface area contributed by atoms with E-state index >= 15 is 0 Å². The van der Waals surface area contributed by atoms with E-state index in [0.29, 0.717) is 13.2 Å². The van der Waals surface area contributed by atoms with E-state index < -0.39 is 0 Å². The van der Waals surface area contributed by atoms with Crippen molar-refractivity contribution < 1.29 is 19.0 Å². The Bertz CT molecular complexity index is 751. The van der Waals surface area contributed by atoms with Crippen LogP contribution in [0.2, 0.25) is 0 Å². The summed E-state index contributed by atoms with van der Waals surface area (Å²) in [6, 6.07) is 15.2. The number of rotatable bonds is 9. The average molecular weight is 370 g/mol. The Morgan fingerprint density at radius 1 is 1.19 bits per heavy atom. The molecule has 1 amide bonds. The lowest BCUT2D eigenvalue weighted by Gasteiger charge is -2.24. The first-order chi connectivity index (χ1) is 13.1. The van der Waals surface area contributed by atoms with Crippen molar-refractivity contribution in [1.29, 1.82) is 0 Å². The van der Waals surface area contributed by atoms with Gasteiger partial charge in [-0.1, -0.05) is 24.3 Å². The number of amides is 1. The molecule has 0 saturated heterocycles. The van der Waals surface area contributed by atoms with Crippen molar-refractivity contribution >= 4 is 5.91 Å². The van der Waals surface area contributed by atoms with Crippen molar-refractivity contribution in [3.05, 3.63) is 54.1 Å². The van der Waals surface area contributed by atoms with Crippen molar-refractivity contribution in [2.75, 3.05) is 27.0 Å². The number of carbonyl (C=O) groups is 1. The van der Waals surface area contributed by atoms with Crippen LogP contribution in [0.25, 0.3) is 0 Å². The molecule has 0 spiro atoms. The monoisotopic (exact) mass is 370 g/mol. The minimum absolute atomic E-state index is 0.000792. The molecule has 0 bridgehead atoms. The highest BCUT2D eigenvalue weighted by Gasteiger charge is 2.18. The minimum Gasteiger partial charge on any atom is -0.494 e. The Morgan fingerprint density at radius 3 is 2.78 bits per heavy atom. The van der Waals surface area contributed by atoms with E-state index in [1.54, 1.807) is 0 Å². The van der Waals surface area contributed by atoms with Crippen LogP contribution in [0.4, 0.5) is 0 Å². The van der Waals surface area contributed by atoms with Crippen LogP contribution in [0.1, 0.15) is 18.9 Å². The van der Waals surface area contributed by atoms with Crippen LogP contribution >= 0.6 is 0 Å². The topological polar surface area (TPSA) is 60.0 Å². The molecule has 2 aromatic carbocycles. The predicted octanol–water partition coefficient (Wildman–Crippen LogP) is 2.82. The van der Waals surface area contributed by atoms with Crippen molar-refractivity contribution in [2.45, 2.75) is 25.9 Å². The first-order valence-electron chi connectivity index (χ1n) is 9.18.